The number of aliphatic hydroxyl groups is 2. The van der Waals surface area contributed by atoms with Crippen molar-refractivity contribution >= 4 is 17.8 Å². The Kier molecular flexibility index (Phi) is 4.08. The van der Waals surface area contributed by atoms with E-state index in [1.165, 1.54) is 4.90 Å². The number of guanidine groups is 2. The lowest BCUT2D eigenvalue weighted by atomic mass is 9.86. The molecular weight excluding hydrogens is 374 g/mol. The Labute approximate surface area is 168 Å². The summed E-state index contributed by atoms with van der Waals surface area (Å²) in [4.78, 5) is 22.9. The van der Waals surface area contributed by atoms with Crippen molar-refractivity contribution in [3.8, 4) is 0 Å². The largest absolute Gasteiger partial charge is 0.370 e. The highest BCUT2D eigenvalue weighted by Gasteiger charge is 2.71. The first kappa shape index (κ1) is 19.5. The molecule has 3 aliphatic heterocycles. The Morgan fingerprint density at radius 3 is 2.76 bits per heavy atom. The van der Waals surface area contributed by atoms with Gasteiger partial charge in [0.25, 0.3) is 5.91 Å². The minimum absolute atomic E-state index is 0.0410. The average Bonchev–Trinajstić information content (AvgIpc) is 3.10. The summed E-state index contributed by atoms with van der Waals surface area (Å²) >= 11 is 0. The van der Waals surface area contributed by atoms with Crippen LogP contribution in [0.4, 0.5) is 0 Å². The van der Waals surface area contributed by atoms with Crippen LogP contribution in [-0.4, -0.2) is 69.6 Å². The van der Waals surface area contributed by atoms with Gasteiger partial charge in [-0.2, -0.15) is 0 Å². The van der Waals surface area contributed by atoms with Gasteiger partial charge in [0.15, 0.2) is 17.6 Å². The molecule has 0 bridgehead atoms. The molecule has 3 atom stereocenters. The second kappa shape index (κ2) is 6.07. The van der Waals surface area contributed by atoms with Gasteiger partial charge in [-0.15, -0.1) is 0 Å². The monoisotopic (exact) mass is 401 g/mol. The van der Waals surface area contributed by atoms with Gasteiger partial charge in [-0.25, -0.2) is 4.99 Å². The number of nitrogens with two attached hydrogens (primary N) is 2. The first-order valence-electron chi connectivity index (χ1n) is 9.52. The zero-order valence-electron chi connectivity index (χ0n) is 16.7. The average molecular weight is 401 g/mol. The van der Waals surface area contributed by atoms with Crippen LogP contribution in [0.5, 0.6) is 0 Å². The van der Waals surface area contributed by atoms with Crippen LogP contribution in [0.3, 0.4) is 0 Å². The molecule has 1 saturated heterocycles. The summed E-state index contributed by atoms with van der Waals surface area (Å²) in [5.41, 5.74) is 11.7. The zero-order valence-corrected chi connectivity index (χ0v) is 16.7. The Morgan fingerprint density at radius 2 is 2.07 bits per heavy atom. The van der Waals surface area contributed by atoms with E-state index in [4.69, 9.17) is 11.5 Å². The van der Waals surface area contributed by atoms with E-state index in [1.54, 1.807) is 12.1 Å². The molecule has 0 radical (unpaired) electrons. The number of carbonyl (C=O) groups is 1. The minimum atomic E-state index is -2.39. The summed E-state index contributed by atoms with van der Waals surface area (Å²) in [6.45, 7) is 6.38. The summed E-state index contributed by atoms with van der Waals surface area (Å²) in [5.74, 6) is -2.59. The van der Waals surface area contributed by atoms with E-state index >= 15 is 0 Å². The third-order valence-corrected chi connectivity index (χ3v) is 5.93. The van der Waals surface area contributed by atoms with Crippen LogP contribution >= 0.6 is 0 Å². The van der Waals surface area contributed by atoms with Crippen LogP contribution in [0.1, 0.15) is 36.7 Å². The van der Waals surface area contributed by atoms with E-state index in [1.807, 2.05) is 12.1 Å². The highest BCUT2D eigenvalue weighted by atomic mass is 16.5. The molecule has 1 fully saturated rings. The van der Waals surface area contributed by atoms with E-state index in [-0.39, 0.29) is 30.4 Å². The van der Waals surface area contributed by atoms with Crippen molar-refractivity contribution < 1.29 is 15.0 Å². The first-order chi connectivity index (χ1) is 13.5. The van der Waals surface area contributed by atoms with Gasteiger partial charge in [-0.1, -0.05) is 32.9 Å². The number of rotatable bonds is 2. The molecule has 1 aromatic rings. The van der Waals surface area contributed by atoms with Crippen molar-refractivity contribution in [1.29, 1.82) is 0 Å². The molecule has 3 heterocycles. The molecule has 10 heteroatoms. The smallest absolute Gasteiger partial charge is 0.251 e. The quantitative estimate of drug-likeness (QED) is 0.325. The van der Waals surface area contributed by atoms with Crippen LogP contribution in [-0.2, 0) is 5.41 Å². The highest BCUT2D eigenvalue weighted by Crippen LogP contribution is 2.42. The molecule has 29 heavy (non-hydrogen) atoms. The summed E-state index contributed by atoms with van der Waals surface area (Å²) in [7, 11) is 0. The third kappa shape index (κ3) is 2.74. The van der Waals surface area contributed by atoms with Crippen molar-refractivity contribution in [3.05, 3.63) is 35.4 Å². The lowest BCUT2D eigenvalue weighted by molar-refractivity contribution is -0.228. The van der Waals surface area contributed by atoms with Gasteiger partial charge in [-0.05, 0) is 23.1 Å². The number of hydrogen-bond donors (Lipinski definition) is 6. The molecule has 10 nitrogen and oxygen atoms in total. The number of amides is 1. The number of aliphatic imine (C=N–C) groups is 2. The predicted molar refractivity (Wildman–Crippen MR) is 108 cm³/mol. The fourth-order valence-electron chi connectivity index (χ4n) is 4.30. The molecule has 0 aliphatic carbocycles. The maximum absolute atomic E-state index is 12.9. The highest BCUT2D eigenvalue weighted by molar-refractivity contribution is 5.95. The van der Waals surface area contributed by atoms with E-state index in [0.717, 1.165) is 5.56 Å². The van der Waals surface area contributed by atoms with Crippen LogP contribution in [0.25, 0.3) is 0 Å². The van der Waals surface area contributed by atoms with Crippen molar-refractivity contribution in [1.82, 2.24) is 15.5 Å². The molecule has 156 valence electrons. The SMILES string of the molecule is CC(C)(C)c1cccc(C(=O)N[C@H]2CN3C(N)=NCC4N=C(N)N[C@]43C2(O)O)c1. The summed E-state index contributed by atoms with van der Waals surface area (Å²) in [5, 5.41) is 27.9. The van der Waals surface area contributed by atoms with Gasteiger partial charge in [0.1, 0.15) is 12.1 Å². The van der Waals surface area contributed by atoms with Crippen LogP contribution in [0, 0.1) is 0 Å². The first-order valence-corrected chi connectivity index (χ1v) is 9.52. The molecule has 0 saturated carbocycles. The van der Waals surface area contributed by atoms with E-state index in [9.17, 15) is 15.0 Å². The topological polar surface area (TPSA) is 162 Å². The Bertz CT molecular complexity index is 921. The van der Waals surface area contributed by atoms with Gasteiger partial charge in [0.05, 0.1) is 6.54 Å². The second-order valence-electron chi connectivity index (χ2n) is 8.81. The number of carbonyl (C=O) groups excluding carboxylic acids is 1. The van der Waals surface area contributed by atoms with Crippen molar-refractivity contribution in [2.45, 2.75) is 49.7 Å². The number of hydrogen-bond acceptors (Lipinski definition) is 9. The number of benzene rings is 1. The summed E-state index contributed by atoms with van der Waals surface area (Å²) in [6.07, 6.45) is 0. The molecule has 0 aromatic heterocycles. The molecule has 1 aromatic carbocycles. The van der Waals surface area contributed by atoms with Gasteiger partial charge in [-0.3, -0.25) is 9.79 Å². The molecule has 3 aliphatic rings. The van der Waals surface area contributed by atoms with Crippen molar-refractivity contribution in [2.24, 2.45) is 21.5 Å². The summed E-state index contributed by atoms with van der Waals surface area (Å²) < 4.78 is 0. The third-order valence-electron chi connectivity index (χ3n) is 5.93. The zero-order chi connectivity index (χ0) is 21.2. The predicted octanol–water partition coefficient (Wildman–Crippen LogP) is -1.61. The van der Waals surface area contributed by atoms with Gasteiger partial charge >= 0.3 is 0 Å². The fraction of sp³-hybridized carbons (Fsp3) is 0.526. The Morgan fingerprint density at radius 1 is 1.34 bits per heavy atom. The maximum atomic E-state index is 12.9. The number of nitrogens with zero attached hydrogens (tertiary/aromatic N) is 3. The Balaban J connectivity index is 1.63. The van der Waals surface area contributed by atoms with Crippen molar-refractivity contribution in [3.63, 3.8) is 0 Å². The maximum Gasteiger partial charge on any atom is 0.251 e. The molecular formula is C19H27N7O3. The normalized spacial score (nSPS) is 30.0. The molecule has 1 amide bonds. The summed E-state index contributed by atoms with van der Waals surface area (Å²) in [6, 6.07) is 5.57. The number of nitrogens with one attached hydrogen (secondary N) is 2. The van der Waals surface area contributed by atoms with Crippen LogP contribution in [0.2, 0.25) is 0 Å². The minimum Gasteiger partial charge on any atom is -0.370 e. The van der Waals surface area contributed by atoms with Crippen LogP contribution in [0.15, 0.2) is 34.3 Å². The van der Waals surface area contributed by atoms with E-state index in [0.29, 0.717) is 5.56 Å². The molecule has 1 spiro atoms. The fourth-order valence-corrected chi connectivity index (χ4v) is 4.30. The lowest BCUT2D eigenvalue weighted by Gasteiger charge is -2.46. The second-order valence-corrected chi connectivity index (χ2v) is 8.81. The Hall–Kier alpha value is -2.85. The van der Waals surface area contributed by atoms with E-state index in [2.05, 4.69) is 41.4 Å². The van der Waals surface area contributed by atoms with Crippen molar-refractivity contribution in [2.75, 3.05) is 13.1 Å². The van der Waals surface area contributed by atoms with E-state index < -0.39 is 29.4 Å². The molecule has 4 rings (SSSR count). The van der Waals surface area contributed by atoms with Gasteiger partial charge < -0.3 is 37.2 Å². The van der Waals surface area contributed by atoms with Crippen LogP contribution < -0.4 is 22.1 Å². The van der Waals surface area contributed by atoms with Gasteiger partial charge in [0.2, 0.25) is 5.79 Å². The molecule has 1 unspecified atom stereocenters. The molecule has 8 N–H and O–H groups in total. The lowest BCUT2D eigenvalue weighted by Crippen LogP contribution is -2.76. The van der Waals surface area contributed by atoms with Gasteiger partial charge in [0, 0.05) is 12.1 Å². The standard InChI is InChI=1S/C19H27N7O3/c1-17(2,3)11-6-4-5-10(7-11)14(27)23-13-9-26-16(21)22-8-12-18(26,19(13,28)29)25-15(20)24-12/h4-7,12-13,28-29H,8-9H2,1-3H3,(H2,21,22)(H,23,27)(H3,20,24,25)/t12?,13-,18+/m0/s1.